The van der Waals surface area contributed by atoms with Crippen molar-refractivity contribution >= 4 is 5.69 Å². The maximum absolute atomic E-state index is 13.0. The Balaban J connectivity index is 1.37. The minimum atomic E-state index is -4.33. The van der Waals surface area contributed by atoms with Crippen LogP contribution in [0.25, 0.3) is 0 Å². The summed E-state index contributed by atoms with van der Waals surface area (Å²) in [5, 5.41) is 12.3. The van der Waals surface area contributed by atoms with Crippen molar-refractivity contribution in [3.05, 3.63) is 71.5 Å². The number of anilines is 1. The van der Waals surface area contributed by atoms with E-state index in [0.29, 0.717) is 25.3 Å². The molecule has 1 fully saturated rings. The van der Waals surface area contributed by atoms with Gasteiger partial charge in [0.15, 0.2) is 5.82 Å². The van der Waals surface area contributed by atoms with Gasteiger partial charge in [0.2, 0.25) is 0 Å². The molecule has 0 amide bonds. The highest BCUT2D eigenvalue weighted by Gasteiger charge is 2.31. The minimum absolute atomic E-state index is 0.0226. The second kappa shape index (κ2) is 9.05. The van der Waals surface area contributed by atoms with Crippen LogP contribution >= 0.6 is 0 Å². The molecule has 2 aromatic carbocycles. The molecule has 31 heavy (non-hydrogen) atoms. The molecule has 9 heteroatoms. The molecule has 1 saturated heterocycles. The first-order chi connectivity index (χ1) is 14.9. The third-order valence-corrected chi connectivity index (χ3v) is 5.79. The SMILES string of the molecule is C[C@@H](c1nnnn1CCc1ccccc1)N1CCN(c2cccc(C(F)(F)F)c2)CC1. The Labute approximate surface area is 179 Å². The van der Waals surface area contributed by atoms with Gasteiger partial charge in [0.05, 0.1) is 11.6 Å². The summed E-state index contributed by atoms with van der Waals surface area (Å²) in [6.07, 6.45) is -3.49. The zero-order chi connectivity index (χ0) is 21.8. The standard InChI is InChI=1S/C22H25F3N6/c1-17(21-26-27-28-31(21)11-10-18-6-3-2-4-7-18)29-12-14-30(15-13-29)20-9-5-8-19(16-20)22(23,24)25/h2-9,16-17H,10-15H2,1H3/t17-/m0/s1. The topological polar surface area (TPSA) is 50.1 Å². The van der Waals surface area contributed by atoms with Gasteiger partial charge in [-0.3, -0.25) is 4.90 Å². The van der Waals surface area contributed by atoms with Crippen LogP contribution in [0.3, 0.4) is 0 Å². The number of nitrogens with zero attached hydrogens (tertiary/aromatic N) is 6. The molecule has 0 saturated carbocycles. The van der Waals surface area contributed by atoms with Gasteiger partial charge in [-0.1, -0.05) is 36.4 Å². The van der Waals surface area contributed by atoms with Gasteiger partial charge in [0, 0.05) is 38.4 Å². The largest absolute Gasteiger partial charge is 0.416 e. The van der Waals surface area contributed by atoms with Crippen LogP contribution in [-0.2, 0) is 19.1 Å². The number of alkyl halides is 3. The van der Waals surface area contributed by atoms with Crippen LogP contribution in [0, 0.1) is 0 Å². The summed E-state index contributed by atoms with van der Waals surface area (Å²) in [4.78, 5) is 4.27. The maximum atomic E-state index is 13.0. The van der Waals surface area contributed by atoms with Crippen molar-refractivity contribution in [3.63, 3.8) is 0 Å². The summed E-state index contributed by atoms with van der Waals surface area (Å²) in [7, 11) is 0. The Kier molecular flexibility index (Phi) is 6.22. The Morgan fingerprint density at radius 2 is 1.71 bits per heavy atom. The lowest BCUT2D eigenvalue weighted by Gasteiger charge is -2.38. The van der Waals surface area contributed by atoms with Crippen LogP contribution in [0.2, 0.25) is 0 Å². The quantitative estimate of drug-likeness (QED) is 0.595. The van der Waals surface area contributed by atoms with Crippen molar-refractivity contribution in [1.29, 1.82) is 0 Å². The van der Waals surface area contributed by atoms with E-state index in [-0.39, 0.29) is 6.04 Å². The van der Waals surface area contributed by atoms with Gasteiger partial charge in [-0.15, -0.1) is 5.10 Å². The summed E-state index contributed by atoms with van der Waals surface area (Å²) in [5.41, 5.74) is 1.22. The van der Waals surface area contributed by atoms with Crippen LogP contribution < -0.4 is 4.90 Å². The first kappa shape index (κ1) is 21.3. The van der Waals surface area contributed by atoms with Crippen molar-refractivity contribution < 1.29 is 13.2 Å². The second-order valence-electron chi connectivity index (χ2n) is 7.74. The lowest BCUT2D eigenvalue weighted by Crippen LogP contribution is -2.47. The van der Waals surface area contributed by atoms with E-state index in [9.17, 15) is 13.2 Å². The Hall–Kier alpha value is -2.94. The fraction of sp³-hybridized carbons (Fsp3) is 0.409. The Bertz CT molecular complexity index is 980. The molecule has 0 spiro atoms. The smallest absolute Gasteiger partial charge is 0.369 e. The van der Waals surface area contributed by atoms with Crippen LogP contribution in [0.15, 0.2) is 54.6 Å². The first-order valence-electron chi connectivity index (χ1n) is 10.4. The van der Waals surface area contributed by atoms with Gasteiger partial charge in [0.25, 0.3) is 0 Å². The highest BCUT2D eigenvalue weighted by molar-refractivity contribution is 5.49. The molecule has 1 atom stereocenters. The van der Waals surface area contributed by atoms with Crippen LogP contribution in [0.5, 0.6) is 0 Å². The van der Waals surface area contributed by atoms with Gasteiger partial charge >= 0.3 is 6.18 Å². The highest BCUT2D eigenvalue weighted by Crippen LogP contribution is 2.32. The molecule has 4 rings (SSSR count). The van der Waals surface area contributed by atoms with Crippen molar-refractivity contribution in [2.75, 3.05) is 31.1 Å². The number of rotatable bonds is 6. The molecular formula is C22H25F3N6. The van der Waals surface area contributed by atoms with Crippen LogP contribution in [0.4, 0.5) is 18.9 Å². The normalized spacial score (nSPS) is 16.5. The fourth-order valence-electron chi connectivity index (χ4n) is 3.96. The molecule has 1 aromatic heterocycles. The Morgan fingerprint density at radius 3 is 2.42 bits per heavy atom. The first-order valence-corrected chi connectivity index (χ1v) is 10.4. The zero-order valence-corrected chi connectivity index (χ0v) is 17.3. The predicted octanol–water partition coefficient (Wildman–Crippen LogP) is 3.82. The van der Waals surface area contributed by atoms with Gasteiger partial charge in [-0.2, -0.15) is 13.2 Å². The number of hydrogen-bond acceptors (Lipinski definition) is 5. The van der Waals surface area contributed by atoms with Gasteiger partial charge in [-0.05, 0) is 47.5 Å². The number of tetrazole rings is 1. The second-order valence-corrected chi connectivity index (χ2v) is 7.74. The van der Waals surface area contributed by atoms with E-state index in [1.807, 2.05) is 27.8 Å². The van der Waals surface area contributed by atoms with Crippen LogP contribution in [-0.4, -0.2) is 51.3 Å². The molecule has 2 heterocycles. The fourth-order valence-corrected chi connectivity index (χ4v) is 3.96. The van der Waals surface area contributed by atoms with Crippen LogP contribution in [0.1, 0.15) is 29.9 Å². The maximum Gasteiger partial charge on any atom is 0.416 e. The summed E-state index contributed by atoms with van der Waals surface area (Å²) in [5.74, 6) is 0.809. The summed E-state index contributed by atoms with van der Waals surface area (Å²) in [6.45, 7) is 5.52. The van der Waals surface area contributed by atoms with Gasteiger partial charge in [0.1, 0.15) is 0 Å². The third kappa shape index (κ3) is 5.04. The van der Waals surface area contributed by atoms with Crippen molar-refractivity contribution in [2.45, 2.75) is 32.1 Å². The van der Waals surface area contributed by atoms with Crippen molar-refractivity contribution in [3.8, 4) is 0 Å². The molecule has 6 nitrogen and oxygen atoms in total. The predicted molar refractivity (Wildman–Crippen MR) is 112 cm³/mol. The van der Waals surface area contributed by atoms with Gasteiger partial charge < -0.3 is 4.90 Å². The van der Waals surface area contributed by atoms with E-state index >= 15 is 0 Å². The van der Waals surface area contributed by atoms with E-state index < -0.39 is 11.7 Å². The van der Waals surface area contributed by atoms with E-state index in [4.69, 9.17) is 0 Å². The lowest BCUT2D eigenvalue weighted by molar-refractivity contribution is -0.137. The number of piperazine rings is 1. The monoisotopic (exact) mass is 430 g/mol. The Morgan fingerprint density at radius 1 is 0.968 bits per heavy atom. The van der Waals surface area contributed by atoms with E-state index in [2.05, 4.69) is 39.5 Å². The summed E-state index contributed by atoms with van der Waals surface area (Å²) >= 11 is 0. The molecule has 3 aromatic rings. The highest BCUT2D eigenvalue weighted by atomic mass is 19.4. The molecule has 164 valence electrons. The molecule has 0 aliphatic carbocycles. The van der Waals surface area contributed by atoms with E-state index in [0.717, 1.165) is 31.4 Å². The molecule has 1 aliphatic heterocycles. The number of halogens is 3. The third-order valence-electron chi connectivity index (χ3n) is 5.79. The van der Waals surface area contributed by atoms with E-state index in [1.165, 1.54) is 17.7 Å². The average molecular weight is 430 g/mol. The number of hydrogen-bond donors (Lipinski definition) is 0. The average Bonchev–Trinajstić information content (AvgIpc) is 3.26. The molecule has 0 radical (unpaired) electrons. The summed E-state index contributed by atoms with van der Waals surface area (Å²) < 4.78 is 40.9. The van der Waals surface area contributed by atoms with Crippen molar-refractivity contribution in [1.82, 2.24) is 25.1 Å². The van der Waals surface area contributed by atoms with Crippen molar-refractivity contribution in [2.24, 2.45) is 0 Å². The lowest BCUT2D eigenvalue weighted by atomic mass is 10.1. The molecular weight excluding hydrogens is 405 g/mol. The zero-order valence-electron chi connectivity index (χ0n) is 17.3. The van der Waals surface area contributed by atoms with E-state index in [1.54, 1.807) is 6.07 Å². The minimum Gasteiger partial charge on any atom is -0.369 e. The van der Waals surface area contributed by atoms with Gasteiger partial charge in [-0.25, -0.2) is 4.68 Å². The number of aryl methyl sites for hydroxylation is 2. The number of aromatic nitrogens is 4. The summed E-state index contributed by atoms with van der Waals surface area (Å²) in [6, 6.07) is 15.8. The number of benzene rings is 2. The molecule has 0 unspecified atom stereocenters. The molecule has 1 aliphatic rings. The molecule has 0 bridgehead atoms. The molecule has 0 N–H and O–H groups in total.